The largest absolute Gasteiger partial charge is 0.491 e. The quantitative estimate of drug-likeness (QED) is 0.621. The maximum absolute atomic E-state index is 12.2. The number of rotatable bonds is 8. The summed E-state index contributed by atoms with van der Waals surface area (Å²) in [7, 11) is -3.58. The van der Waals surface area contributed by atoms with Crippen LogP contribution in [0.4, 0.5) is 5.69 Å². The summed E-state index contributed by atoms with van der Waals surface area (Å²) >= 11 is 3.31. The van der Waals surface area contributed by atoms with E-state index in [-0.39, 0.29) is 13.1 Å². The van der Waals surface area contributed by atoms with Crippen LogP contribution in [-0.2, 0) is 14.8 Å². The second kappa shape index (κ2) is 9.23. The first-order valence-corrected chi connectivity index (χ1v) is 11.0. The Hall–Kier alpha value is -2.06. The predicted molar refractivity (Wildman–Crippen MR) is 111 cm³/mol. The summed E-state index contributed by atoms with van der Waals surface area (Å²) in [6.07, 6.45) is 1.08. The number of ether oxygens (including phenoxy) is 1. The van der Waals surface area contributed by atoms with Crippen molar-refractivity contribution in [3.8, 4) is 5.75 Å². The monoisotopic (exact) mass is 454 g/mol. The molecule has 146 valence electrons. The van der Waals surface area contributed by atoms with E-state index < -0.39 is 15.9 Å². The van der Waals surface area contributed by atoms with Gasteiger partial charge < -0.3 is 10.1 Å². The molecule has 0 radical (unpaired) electrons. The van der Waals surface area contributed by atoms with Crippen LogP contribution in [0.25, 0.3) is 0 Å². The molecule has 0 bridgehead atoms. The Kier molecular flexibility index (Phi) is 7.26. The van der Waals surface area contributed by atoms with Gasteiger partial charge in [-0.05, 0) is 49.7 Å². The molecule has 0 aliphatic rings. The molecular weight excluding hydrogens is 432 g/mol. The van der Waals surface area contributed by atoms with Gasteiger partial charge in [0.15, 0.2) is 0 Å². The average Bonchev–Trinajstić information content (AvgIpc) is 2.58. The van der Waals surface area contributed by atoms with Gasteiger partial charge >= 0.3 is 0 Å². The van der Waals surface area contributed by atoms with E-state index in [2.05, 4.69) is 21.2 Å². The molecule has 6 nitrogen and oxygen atoms in total. The van der Waals surface area contributed by atoms with Crippen molar-refractivity contribution >= 4 is 37.5 Å². The van der Waals surface area contributed by atoms with E-state index in [1.807, 2.05) is 32.0 Å². The van der Waals surface area contributed by atoms with Crippen LogP contribution in [0.3, 0.4) is 0 Å². The summed E-state index contributed by atoms with van der Waals surface area (Å²) in [4.78, 5) is 12.2. The third kappa shape index (κ3) is 6.55. The molecule has 0 aliphatic carbocycles. The number of amides is 1. The fraction of sp³-hybridized carbons (Fsp3) is 0.316. The highest BCUT2D eigenvalue weighted by atomic mass is 79.9. The van der Waals surface area contributed by atoms with Crippen LogP contribution in [-0.4, -0.2) is 40.3 Å². The Labute approximate surface area is 168 Å². The van der Waals surface area contributed by atoms with Crippen molar-refractivity contribution in [3.63, 3.8) is 0 Å². The number of sulfonamides is 1. The number of anilines is 1. The smallest absolute Gasteiger partial charge is 0.240 e. The summed E-state index contributed by atoms with van der Waals surface area (Å²) < 4.78 is 31.6. The van der Waals surface area contributed by atoms with Crippen LogP contribution in [0.1, 0.15) is 11.1 Å². The van der Waals surface area contributed by atoms with Crippen LogP contribution in [0, 0.1) is 13.8 Å². The van der Waals surface area contributed by atoms with E-state index in [0.29, 0.717) is 12.3 Å². The zero-order valence-corrected chi connectivity index (χ0v) is 17.9. The van der Waals surface area contributed by atoms with E-state index >= 15 is 0 Å². The van der Waals surface area contributed by atoms with Crippen LogP contribution < -0.4 is 14.4 Å². The van der Waals surface area contributed by atoms with E-state index in [4.69, 9.17) is 4.74 Å². The molecule has 0 spiro atoms. The molecule has 0 atom stereocenters. The number of nitrogens with zero attached hydrogens (tertiary/aromatic N) is 1. The van der Waals surface area contributed by atoms with Gasteiger partial charge in [0.2, 0.25) is 15.9 Å². The summed E-state index contributed by atoms with van der Waals surface area (Å²) in [5.74, 6) is 0.370. The van der Waals surface area contributed by atoms with Crippen molar-refractivity contribution in [2.75, 3.05) is 30.3 Å². The molecule has 1 amide bonds. The Morgan fingerprint density at radius 2 is 1.81 bits per heavy atom. The minimum absolute atomic E-state index is 0.282. The Morgan fingerprint density at radius 1 is 1.15 bits per heavy atom. The zero-order valence-electron chi connectivity index (χ0n) is 15.5. The number of benzene rings is 2. The SMILES string of the molecule is Cc1ccc(OCCNC(=O)CN(c2ccc(Br)cc2)S(C)(=O)=O)c(C)c1. The topological polar surface area (TPSA) is 75.7 Å². The van der Waals surface area contributed by atoms with Crippen LogP contribution in [0.5, 0.6) is 5.75 Å². The maximum Gasteiger partial charge on any atom is 0.240 e. The summed E-state index contributed by atoms with van der Waals surface area (Å²) in [5.41, 5.74) is 2.61. The molecule has 0 unspecified atom stereocenters. The number of carbonyl (C=O) groups is 1. The summed E-state index contributed by atoms with van der Waals surface area (Å²) in [6.45, 7) is 4.26. The molecule has 0 saturated heterocycles. The van der Waals surface area contributed by atoms with Crippen molar-refractivity contribution in [2.24, 2.45) is 0 Å². The minimum Gasteiger partial charge on any atom is -0.491 e. The molecule has 1 N–H and O–H groups in total. The fourth-order valence-corrected chi connectivity index (χ4v) is 3.63. The molecule has 0 aliphatic heterocycles. The molecular formula is C19H23BrN2O4S. The van der Waals surface area contributed by atoms with Gasteiger partial charge in [-0.2, -0.15) is 0 Å². The molecule has 27 heavy (non-hydrogen) atoms. The Bertz CT molecular complexity index is 898. The normalized spacial score (nSPS) is 11.1. The lowest BCUT2D eigenvalue weighted by atomic mass is 10.1. The van der Waals surface area contributed by atoms with Gasteiger partial charge in [-0.15, -0.1) is 0 Å². The van der Waals surface area contributed by atoms with Crippen molar-refractivity contribution < 1.29 is 17.9 Å². The third-order valence-corrected chi connectivity index (χ3v) is 5.48. The summed E-state index contributed by atoms with van der Waals surface area (Å²) in [6, 6.07) is 12.6. The first-order chi connectivity index (χ1) is 12.7. The molecule has 2 rings (SSSR count). The average molecular weight is 455 g/mol. The highest BCUT2D eigenvalue weighted by molar-refractivity contribution is 9.10. The van der Waals surface area contributed by atoms with Gasteiger partial charge in [-0.25, -0.2) is 8.42 Å². The van der Waals surface area contributed by atoms with E-state index in [0.717, 1.165) is 31.9 Å². The molecule has 8 heteroatoms. The molecule has 2 aromatic rings. The fourth-order valence-electron chi connectivity index (χ4n) is 2.51. The molecule has 2 aromatic carbocycles. The number of hydrogen-bond donors (Lipinski definition) is 1. The lowest BCUT2D eigenvalue weighted by molar-refractivity contribution is -0.119. The van der Waals surface area contributed by atoms with E-state index in [1.54, 1.807) is 24.3 Å². The number of aryl methyl sites for hydroxylation is 2. The van der Waals surface area contributed by atoms with Gasteiger partial charge in [0.05, 0.1) is 18.5 Å². The van der Waals surface area contributed by atoms with Gasteiger partial charge in [0, 0.05) is 4.47 Å². The second-order valence-corrected chi connectivity index (χ2v) is 9.04. The predicted octanol–water partition coefficient (Wildman–Crippen LogP) is 3.03. The van der Waals surface area contributed by atoms with Crippen LogP contribution >= 0.6 is 15.9 Å². The standard InChI is InChI=1S/C19H23BrN2O4S/c1-14-4-9-18(15(2)12-14)26-11-10-21-19(23)13-22(27(3,24)25)17-7-5-16(20)6-8-17/h4-9,12H,10-11,13H2,1-3H3,(H,21,23). The molecule has 0 fully saturated rings. The highest BCUT2D eigenvalue weighted by Crippen LogP contribution is 2.20. The zero-order chi connectivity index (χ0) is 20.0. The second-order valence-electron chi connectivity index (χ2n) is 6.21. The van der Waals surface area contributed by atoms with E-state index in [1.165, 1.54) is 0 Å². The Morgan fingerprint density at radius 3 is 2.41 bits per heavy atom. The first kappa shape index (κ1) is 21.2. The van der Waals surface area contributed by atoms with Crippen molar-refractivity contribution in [1.29, 1.82) is 0 Å². The minimum atomic E-state index is -3.58. The Balaban J connectivity index is 1.89. The van der Waals surface area contributed by atoms with Crippen LogP contribution in [0.2, 0.25) is 0 Å². The molecule has 0 heterocycles. The number of nitrogens with one attached hydrogen (secondary N) is 1. The molecule has 0 aromatic heterocycles. The van der Waals surface area contributed by atoms with E-state index in [9.17, 15) is 13.2 Å². The highest BCUT2D eigenvalue weighted by Gasteiger charge is 2.20. The van der Waals surface area contributed by atoms with Gasteiger partial charge in [-0.1, -0.05) is 33.6 Å². The number of halogens is 1. The summed E-state index contributed by atoms with van der Waals surface area (Å²) in [5, 5.41) is 2.69. The van der Waals surface area contributed by atoms with Gasteiger partial charge in [-0.3, -0.25) is 9.10 Å². The first-order valence-electron chi connectivity index (χ1n) is 8.37. The third-order valence-electron chi connectivity index (χ3n) is 3.81. The lowest BCUT2D eigenvalue weighted by Gasteiger charge is -2.22. The number of hydrogen-bond acceptors (Lipinski definition) is 4. The van der Waals surface area contributed by atoms with Crippen molar-refractivity contribution in [1.82, 2.24) is 5.32 Å². The maximum atomic E-state index is 12.2. The van der Waals surface area contributed by atoms with Gasteiger partial charge in [0.1, 0.15) is 18.9 Å². The van der Waals surface area contributed by atoms with Crippen LogP contribution in [0.15, 0.2) is 46.9 Å². The van der Waals surface area contributed by atoms with Crippen molar-refractivity contribution in [3.05, 3.63) is 58.1 Å². The van der Waals surface area contributed by atoms with Gasteiger partial charge in [0.25, 0.3) is 0 Å². The lowest BCUT2D eigenvalue weighted by Crippen LogP contribution is -2.41. The van der Waals surface area contributed by atoms with Crippen molar-refractivity contribution in [2.45, 2.75) is 13.8 Å². The number of carbonyl (C=O) groups excluding carboxylic acids is 1. The molecule has 0 saturated carbocycles.